The lowest BCUT2D eigenvalue weighted by molar-refractivity contribution is -0.0966. The lowest BCUT2D eigenvalue weighted by Gasteiger charge is -2.43. The van der Waals surface area contributed by atoms with Crippen LogP contribution < -0.4 is 0 Å². The van der Waals surface area contributed by atoms with Gasteiger partial charge in [-0.15, -0.1) is 0 Å². The van der Waals surface area contributed by atoms with Gasteiger partial charge in [0, 0.05) is 20.8 Å². The van der Waals surface area contributed by atoms with Crippen molar-refractivity contribution in [3.63, 3.8) is 0 Å². The molecule has 0 saturated heterocycles. The molecule has 0 aromatic heterocycles. The highest BCUT2D eigenvalue weighted by Crippen LogP contribution is 2.54. The van der Waals surface area contributed by atoms with E-state index in [1.54, 1.807) is 7.11 Å². The fourth-order valence-corrected chi connectivity index (χ4v) is 4.54. The summed E-state index contributed by atoms with van der Waals surface area (Å²) in [5, 5.41) is 0. The van der Waals surface area contributed by atoms with Gasteiger partial charge in [-0.3, -0.25) is 0 Å². The fraction of sp³-hybridized carbons (Fsp3) is 1.00. The highest BCUT2D eigenvalue weighted by atomic mass is 16.5. The standard InChI is InChI=1S/C16H30O2/c1-4-14-11-13-7-9-16(18-3,15(14)12-13)8-5-6-10-17-2/h13-15H,4-12H2,1-3H3/t13-,14?,15?,16?/m0/s1. The Bertz CT molecular complexity index is 253. The second-order valence-corrected chi connectivity index (χ2v) is 6.37. The quantitative estimate of drug-likeness (QED) is 0.638. The summed E-state index contributed by atoms with van der Waals surface area (Å²) in [5.74, 6) is 2.75. The maximum Gasteiger partial charge on any atom is 0.0709 e. The zero-order chi connectivity index (χ0) is 13.0. The molecule has 0 aromatic rings. The van der Waals surface area contributed by atoms with Crippen LogP contribution in [0.2, 0.25) is 0 Å². The summed E-state index contributed by atoms with van der Waals surface area (Å²) in [6.07, 6.45) is 10.6. The normalized spacial score (nSPS) is 39.2. The average molecular weight is 254 g/mol. The maximum atomic E-state index is 6.08. The summed E-state index contributed by atoms with van der Waals surface area (Å²) in [4.78, 5) is 0. The number of methoxy groups -OCH3 is 2. The molecular weight excluding hydrogens is 224 g/mol. The minimum absolute atomic E-state index is 0.196. The predicted octanol–water partition coefficient (Wildman–Crippen LogP) is 4.03. The lowest BCUT2D eigenvalue weighted by atomic mass is 9.70. The monoisotopic (exact) mass is 254 g/mol. The van der Waals surface area contributed by atoms with Crippen LogP contribution in [-0.2, 0) is 9.47 Å². The van der Waals surface area contributed by atoms with E-state index in [1.807, 2.05) is 7.11 Å². The first-order valence-corrected chi connectivity index (χ1v) is 7.80. The van der Waals surface area contributed by atoms with Crippen LogP contribution in [0.3, 0.4) is 0 Å². The zero-order valence-electron chi connectivity index (χ0n) is 12.4. The van der Waals surface area contributed by atoms with E-state index in [0.29, 0.717) is 0 Å². The van der Waals surface area contributed by atoms with E-state index in [0.717, 1.165) is 24.4 Å². The molecule has 2 nitrogen and oxygen atoms in total. The molecule has 0 amide bonds. The van der Waals surface area contributed by atoms with Crippen molar-refractivity contribution >= 4 is 0 Å². The third-order valence-electron chi connectivity index (χ3n) is 5.57. The van der Waals surface area contributed by atoms with Crippen molar-refractivity contribution in [2.45, 2.75) is 63.9 Å². The Morgan fingerprint density at radius 2 is 2.00 bits per heavy atom. The van der Waals surface area contributed by atoms with Crippen LogP contribution in [0.4, 0.5) is 0 Å². The van der Waals surface area contributed by atoms with Crippen LogP contribution >= 0.6 is 0 Å². The molecular formula is C16H30O2. The summed E-state index contributed by atoms with van der Waals surface area (Å²) in [6.45, 7) is 3.25. The van der Waals surface area contributed by atoms with Crippen molar-refractivity contribution in [2.24, 2.45) is 17.8 Å². The molecule has 0 spiro atoms. The van der Waals surface area contributed by atoms with E-state index in [9.17, 15) is 0 Å². The second kappa shape index (κ2) is 6.38. The average Bonchev–Trinajstić information content (AvgIpc) is 2.77. The minimum atomic E-state index is 0.196. The Labute approximate surface area is 112 Å². The molecule has 2 aliphatic rings. The fourth-order valence-electron chi connectivity index (χ4n) is 4.54. The maximum absolute atomic E-state index is 6.08. The molecule has 2 bridgehead atoms. The van der Waals surface area contributed by atoms with E-state index < -0.39 is 0 Å². The van der Waals surface area contributed by atoms with Crippen LogP contribution in [-0.4, -0.2) is 26.4 Å². The van der Waals surface area contributed by atoms with Crippen LogP contribution in [0.25, 0.3) is 0 Å². The van der Waals surface area contributed by atoms with E-state index in [-0.39, 0.29) is 5.60 Å². The smallest absolute Gasteiger partial charge is 0.0709 e. The highest BCUT2D eigenvalue weighted by Gasteiger charge is 2.50. The number of fused-ring (bicyclic) bond motifs is 2. The molecule has 2 aliphatic carbocycles. The van der Waals surface area contributed by atoms with Crippen LogP contribution in [0.5, 0.6) is 0 Å². The summed E-state index contributed by atoms with van der Waals surface area (Å²) >= 11 is 0. The SMILES string of the molecule is CCC1C[C@@H]2CCC(CCCCOC)(OC)C1C2. The molecule has 106 valence electrons. The largest absolute Gasteiger partial charge is 0.385 e. The minimum Gasteiger partial charge on any atom is -0.385 e. The van der Waals surface area contributed by atoms with Gasteiger partial charge in [-0.2, -0.15) is 0 Å². The number of hydrogen-bond acceptors (Lipinski definition) is 2. The zero-order valence-corrected chi connectivity index (χ0v) is 12.4. The molecule has 18 heavy (non-hydrogen) atoms. The van der Waals surface area contributed by atoms with E-state index in [4.69, 9.17) is 9.47 Å². The molecule has 3 unspecified atom stereocenters. The molecule has 0 aliphatic heterocycles. The van der Waals surface area contributed by atoms with Gasteiger partial charge in [-0.25, -0.2) is 0 Å². The first-order valence-electron chi connectivity index (χ1n) is 7.80. The van der Waals surface area contributed by atoms with Gasteiger partial charge in [-0.1, -0.05) is 13.3 Å². The third kappa shape index (κ3) is 2.75. The Morgan fingerprint density at radius 3 is 2.67 bits per heavy atom. The van der Waals surface area contributed by atoms with Crippen LogP contribution in [0.1, 0.15) is 58.3 Å². The van der Waals surface area contributed by atoms with Gasteiger partial charge in [0.1, 0.15) is 0 Å². The molecule has 0 N–H and O–H groups in total. The number of unbranched alkanes of at least 4 members (excludes halogenated alkanes) is 1. The van der Waals surface area contributed by atoms with Crippen molar-refractivity contribution in [3.8, 4) is 0 Å². The number of hydrogen-bond donors (Lipinski definition) is 0. The Morgan fingerprint density at radius 1 is 1.17 bits per heavy atom. The number of rotatable bonds is 7. The van der Waals surface area contributed by atoms with Crippen molar-refractivity contribution in [3.05, 3.63) is 0 Å². The van der Waals surface area contributed by atoms with Gasteiger partial charge in [0.25, 0.3) is 0 Å². The molecule has 0 radical (unpaired) electrons. The van der Waals surface area contributed by atoms with Gasteiger partial charge in [0.15, 0.2) is 0 Å². The molecule has 4 atom stereocenters. The van der Waals surface area contributed by atoms with Gasteiger partial charge < -0.3 is 9.47 Å². The van der Waals surface area contributed by atoms with Gasteiger partial charge in [0.05, 0.1) is 5.60 Å². The van der Waals surface area contributed by atoms with E-state index in [2.05, 4.69) is 6.92 Å². The number of ether oxygens (including phenoxy) is 2. The topological polar surface area (TPSA) is 18.5 Å². The Hall–Kier alpha value is -0.0800. The van der Waals surface area contributed by atoms with Crippen molar-refractivity contribution in [1.82, 2.24) is 0 Å². The molecule has 2 heteroatoms. The third-order valence-corrected chi connectivity index (χ3v) is 5.57. The summed E-state index contributed by atoms with van der Waals surface area (Å²) in [7, 11) is 3.74. The molecule has 2 fully saturated rings. The first-order chi connectivity index (χ1) is 8.75. The van der Waals surface area contributed by atoms with Crippen LogP contribution in [0, 0.1) is 17.8 Å². The first kappa shape index (κ1) is 14.3. The molecule has 2 saturated carbocycles. The van der Waals surface area contributed by atoms with Crippen LogP contribution in [0.15, 0.2) is 0 Å². The van der Waals surface area contributed by atoms with Gasteiger partial charge in [-0.05, 0) is 62.7 Å². The highest BCUT2D eigenvalue weighted by molar-refractivity contribution is 5.01. The second-order valence-electron chi connectivity index (χ2n) is 6.37. The molecule has 2 rings (SSSR count). The van der Waals surface area contributed by atoms with Gasteiger partial charge >= 0.3 is 0 Å². The Kier molecular flexibility index (Phi) is 5.08. The summed E-state index contributed by atoms with van der Waals surface area (Å²) in [6, 6.07) is 0. The summed E-state index contributed by atoms with van der Waals surface area (Å²) in [5.41, 5.74) is 0.196. The van der Waals surface area contributed by atoms with Gasteiger partial charge in [0.2, 0.25) is 0 Å². The van der Waals surface area contributed by atoms with Crippen molar-refractivity contribution in [2.75, 3.05) is 20.8 Å². The van der Waals surface area contributed by atoms with E-state index in [1.165, 1.54) is 51.4 Å². The van der Waals surface area contributed by atoms with Crippen molar-refractivity contribution < 1.29 is 9.47 Å². The Balaban J connectivity index is 1.96. The van der Waals surface area contributed by atoms with Crippen molar-refractivity contribution in [1.29, 1.82) is 0 Å². The predicted molar refractivity (Wildman–Crippen MR) is 74.7 cm³/mol. The lowest BCUT2D eigenvalue weighted by Crippen LogP contribution is -2.43. The summed E-state index contributed by atoms with van der Waals surface area (Å²) < 4.78 is 11.2. The van der Waals surface area contributed by atoms with E-state index >= 15 is 0 Å². The molecule has 0 heterocycles. The molecule has 0 aromatic carbocycles.